The highest BCUT2D eigenvalue weighted by molar-refractivity contribution is 5.93. The lowest BCUT2D eigenvalue weighted by Gasteiger charge is -2.07. The zero-order chi connectivity index (χ0) is 15.4. The lowest BCUT2D eigenvalue weighted by atomic mass is 10.1. The molecule has 21 heavy (non-hydrogen) atoms. The second kappa shape index (κ2) is 6.21. The molecule has 0 bridgehead atoms. The molecule has 112 valence electrons. The number of aromatic amines is 1. The Morgan fingerprint density at radius 2 is 2.14 bits per heavy atom. The van der Waals surface area contributed by atoms with Crippen molar-refractivity contribution < 1.29 is 14.2 Å². The van der Waals surface area contributed by atoms with Crippen LogP contribution in [0.1, 0.15) is 27.3 Å². The molecule has 2 aromatic heterocycles. The quantitative estimate of drug-likeness (QED) is 0.776. The summed E-state index contributed by atoms with van der Waals surface area (Å²) in [5, 5.41) is 9.72. The van der Waals surface area contributed by atoms with E-state index in [2.05, 4.69) is 25.2 Å². The standard InChI is InChI=1S/C13H16N4O4/c1-7-6-10(12(19)15-8(7)2)11(18)14-4-5-20-13-9(3)16-21-17-13/h6H,4-5H2,1-3H3,(H,14,18)(H,15,19). The molecule has 2 rings (SSSR count). The van der Waals surface area contributed by atoms with Gasteiger partial charge in [0.1, 0.15) is 17.9 Å². The molecule has 2 N–H and O–H groups in total. The van der Waals surface area contributed by atoms with Crippen molar-refractivity contribution in [2.45, 2.75) is 20.8 Å². The van der Waals surface area contributed by atoms with Crippen molar-refractivity contribution in [3.8, 4) is 5.88 Å². The molecule has 0 radical (unpaired) electrons. The second-order valence-corrected chi connectivity index (χ2v) is 4.58. The van der Waals surface area contributed by atoms with Crippen molar-refractivity contribution in [2.75, 3.05) is 13.2 Å². The van der Waals surface area contributed by atoms with Crippen molar-refractivity contribution >= 4 is 5.91 Å². The van der Waals surface area contributed by atoms with Crippen molar-refractivity contribution in [3.63, 3.8) is 0 Å². The lowest BCUT2D eigenvalue weighted by molar-refractivity contribution is 0.0944. The number of carbonyl (C=O) groups excluding carboxylic acids is 1. The van der Waals surface area contributed by atoms with Gasteiger partial charge in [0.25, 0.3) is 17.3 Å². The molecule has 2 aromatic rings. The summed E-state index contributed by atoms with van der Waals surface area (Å²) in [6, 6.07) is 1.57. The number of nitrogens with zero attached hydrogens (tertiary/aromatic N) is 2. The van der Waals surface area contributed by atoms with E-state index in [1.165, 1.54) is 0 Å². The first-order valence-corrected chi connectivity index (χ1v) is 6.39. The van der Waals surface area contributed by atoms with Gasteiger partial charge < -0.3 is 15.0 Å². The third kappa shape index (κ3) is 3.47. The van der Waals surface area contributed by atoms with Gasteiger partial charge in [0.05, 0.1) is 6.54 Å². The van der Waals surface area contributed by atoms with Crippen LogP contribution in [0.5, 0.6) is 5.88 Å². The Morgan fingerprint density at radius 3 is 2.81 bits per heavy atom. The number of rotatable bonds is 5. The van der Waals surface area contributed by atoms with Crippen LogP contribution in [0.15, 0.2) is 15.5 Å². The second-order valence-electron chi connectivity index (χ2n) is 4.58. The summed E-state index contributed by atoms with van der Waals surface area (Å²) in [5.41, 5.74) is 1.80. The van der Waals surface area contributed by atoms with E-state index in [4.69, 9.17) is 4.74 Å². The maximum atomic E-state index is 11.9. The molecule has 0 aromatic carbocycles. The maximum Gasteiger partial charge on any atom is 0.278 e. The Hall–Kier alpha value is -2.64. The number of aromatic nitrogens is 3. The minimum absolute atomic E-state index is 0.0809. The van der Waals surface area contributed by atoms with Gasteiger partial charge in [-0.25, -0.2) is 4.63 Å². The highest BCUT2D eigenvalue weighted by Crippen LogP contribution is 2.09. The SMILES string of the molecule is Cc1cc(C(=O)NCCOc2nonc2C)c(=O)[nH]c1C. The van der Waals surface area contributed by atoms with Crippen molar-refractivity contribution in [1.29, 1.82) is 0 Å². The maximum absolute atomic E-state index is 11.9. The summed E-state index contributed by atoms with van der Waals surface area (Å²) in [7, 11) is 0. The number of nitrogens with one attached hydrogen (secondary N) is 2. The third-order valence-electron chi connectivity index (χ3n) is 2.98. The van der Waals surface area contributed by atoms with Gasteiger partial charge in [-0.3, -0.25) is 9.59 Å². The Morgan fingerprint density at radius 1 is 1.38 bits per heavy atom. The number of pyridine rings is 1. The Balaban J connectivity index is 1.89. The van der Waals surface area contributed by atoms with Gasteiger partial charge >= 0.3 is 0 Å². The smallest absolute Gasteiger partial charge is 0.278 e. The minimum Gasteiger partial charge on any atom is -0.472 e. The third-order valence-corrected chi connectivity index (χ3v) is 2.98. The number of carbonyl (C=O) groups is 1. The zero-order valence-corrected chi connectivity index (χ0v) is 12.0. The number of H-pyrrole nitrogens is 1. The fourth-order valence-electron chi connectivity index (χ4n) is 1.66. The number of ether oxygens (including phenoxy) is 1. The highest BCUT2D eigenvalue weighted by Gasteiger charge is 2.12. The number of hydrogen-bond donors (Lipinski definition) is 2. The van der Waals surface area contributed by atoms with Crippen LogP contribution in [0.25, 0.3) is 0 Å². The van der Waals surface area contributed by atoms with Gasteiger partial charge in [0, 0.05) is 5.69 Å². The number of amides is 1. The lowest BCUT2D eigenvalue weighted by Crippen LogP contribution is -2.32. The summed E-state index contributed by atoms with van der Waals surface area (Å²) in [5.74, 6) is -0.161. The van der Waals surface area contributed by atoms with E-state index in [0.29, 0.717) is 5.69 Å². The topological polar surface area (TPSA) is 110 Å². The van der Waals surface area contributed by atoms with Crippen LogP contribution in [0.3, 0.4) is 0 Å². The summed E-state index contributed by atoms with van der Waals surface area (Å²) in [4.78, 5) is 26.3. The van der Waals surface area contributed by atoms with Gasteiger partial charge in [0.2, 0.25) is 0 Å². The van der Waals surface area contributed by atoms with Gasteiger partial charge in [-0.15, -0.1) is 0 Å². The van der Waals surface area contributed by atoms with Gasteiger partial charge in [-0.2, -0.15) is 0 Å². The average Bonchev–Trinajstić information content (AvgIpc) is 2.84. The van der Waals surface area contributed by atoms with Crippen molar-refractivity contribution in [1.82, 2.24) is 20.6 Å². The zero-order valence-electron chi connectivity index (χ0n) is 12.0. The van der Waals surface area contributed by atoms with Crippen LogP contribution < -0.4 is 15.6 Å². The monoisotopic (exact) mass is 292 g/mol. The molecule has 8 heteroatoms. The van der Waals surface area contributed by atoms with Gasteiger partial charge in [-0.05, 0) is 37.6 Å². The average molecular weight is 292 g/mol. The van der Waals surface area contributed by atoms with E-state index in [-0.39, 0.29) is 24.6 Å². The summed E-state index contributed by atoms with van der Waals surface area (Å²) >= 11 is 0. The Kier molecular flexibility index (Phi) is 4.36. The fourth-order valence-corrected chi connectivity index (χ4v) is 1.66. The van der Waals surface area contributed by atoms with Crippen LogP contribution in [0.2, 0.25) is 0 Å². The summed E-state index contributed by atoms with van der Waals surface area (Å²) < 4.78 is 9.74. The molecule has 0 aliphatic heterocycles. The molecule has 0 saturated heterocycles. The van der Waals surface area contributed by atoms with Crippen LogP contribution >= 0.6 is 0 Å². The van der Waals surface area contributed by atoms with Crippen LogP contribution in [0, 0.1) is 20.8 Å². The van der Waals surface area contributed by atoms with Crippen molar-refractivity contribution in [2.24, 2.45) is 0 Å². The van der Waals surface area contributed by atoms with E-state index < -0.39 is 11.5 Å². The molecule has 0 unspecified atom stereocenters. The molecular weight excluding hydrogens is 276 g/mol. The largest absolute Gasteiger partial charge is 0.472 e. The van der Waals surface area contributed by atoms with Crippen molar-refractivity contribution in [3.05, 3.63) is 38.9 Å². The Labute approximate surface area is 120 Å². The van der Waals surface area contributed by atoms with E-state index >= 15 is 0 Å². The van der Waals surface area contributed by atoms with Gasteiger partial charge in [-0.1, -0.05) is 5.16 Å². The normalized spacial score (nSPS) is 10.4. The summed E-state index contributed by atoms with van der Waals surface area (Å²) in [6.07, 6.45) is 0. The van der Waals surface area contributed by atoms with E-state index in [1.807, 2.05) is 6.92 Å². The van der Waals surface area contributed by atoms with Crippen LogP contribution in [0.4, 0.5) is 0 Å². The molecule has 0 fully saturated rings. The minimum atomic E-state index is -0.446. The van der Waals surface area contributed by atoms with Crippen LogP contribution in [-0.2, 0) is 0 Å². The molecular formula is C13H16N4O4. The number of aryl methyl sites for hydroxylation is 3. The van der Waals surface area contributed by atoms with E-state index in [1.54, 1.807) is 19.9 Å². The van der Waals surface area contributed by atoms with E-state index in [0.717, 1.165) is 11.3 Å². The predicted molar refractivity (Wildman–Crippen MR) is 73.4 cm³/mol. The van der Waals surface area contributed by atoms with Crippen LogP contribution in [-0.4, -0.2) is 34.4 Å². The molecule has 8 nitrogen and oxygen atoms in total. The Bertz CT molecular complexity index is 704. The molecule has 0 aliphatic rings. The summed E-state index contributed by atoms with van der Waals surface area (Å²) in [6.45, 7) is 5.73. The molecule has 0 atom stereocenters. The molecule has 0 spiro atoms. The predicted octanol–water partition coefficient (Wildman–Crippen LogP) is 0.492. The fraction of sp³-hybridized carbons (Fsp3) is 0.385. The molecule has 2 heterocycles. The first-order valence-electron chi connectivity index (χ1n) is 6.39. The highest BCUT2D eigenvalue weighted by atomic mass is 16.6. The van der Waals surface area contributed by atoms with E-state index in [9.17, 15) is 9.59 Å². The first kappa shape index (κ1) is 14.8. The van der Waals surface area contributed by atoms with Gasteiger partial charge in [0.15, 0.2) is 0 Å². The molecule has 1 amide bonds. The molecule has 0 aliphatic carbocycles. The first-order chi connectivity index (χ1) is 9.99. The molecule has 0 saturated carbocycles. The number of hydrogen-bond acceptors (Lipinski definition) is 6.